The highest BCUT2D eigenvalue weighted by Crippen LogP contribution is 2.20. The Kier molecular flexibility index (Phi) is 11.3. The molecule has 1 heterocycles. The van der Waals surface area contributed by atoms with Crippen molar-refractivity contribution in [3.63, 3.8) is 0 Å². The van der Waals surface area contributed by atoms with E-state index in [1.165, 1.54) is 4.90 Å². The first kappa shape index (κ1) is 22.9. The van der Waals surface area contributed by atoms with Crippen LogP contribution in [0.4, 0.5) is 9.18 Å². The van der Waals surface area contributed by atoms with Crippen molar-refractivity contribution in [2.75, 3.05) is 45.2 Å². The molecule has 0 bridgehead atoms. The average molecular weight is 413 g/mol. The van der Waals surface area contributed by atoms with E-state index in [1.807, 2.05) is 25.1 Å². The molecule has 0 aliphatic carbocycles. The number of hydroxylamine groups is 1. The Labute approximate surface area is 171 Å². The van der Waals surface area contributed by atoms with Crippen LogP contribution < -0.4 is 10.8 Å². The number of carbonyl (C=O) groups is 1. The van der Waals surface area contributed by atoms with E-state index in [1.54, 1.807) is 16.7 Å². The predicted molar refractivity (Wildman–Crippen MR) is 109 cm³/mol. The minimum absolute atomic E-state index is 0.0219. The van der Waals surface area contributed by atoms with E-state index in [4.69, 9.17) is 9.57 Å². The molecule has 1 saturated heterocycles. The van der Waals surface area contributed by atoms with Gasteiger partial charge in [0.05, 0.1) is 18.8 Å². The third-order valence-corrected chi connectivity index (χ3v) is 5.60. The number of ether oxygens (including phenoxy) is 1. The molecule has 8 heteroatoms. The van der Waals surface area contributed by atoms with E-state index in [2.05, 4.69) is 22.9 Å². The lowest BCUT2D eigenvalue weighted by molar-refractivity contribution is -0.0713. The second kappa shape index (κ2) is 13.8. The number of thioether (sulfide) groups is 1. The molecule has 0 unspecified atom stereocenters. The van der Waals surface area contributed by atoms with Crippen LogP contribution in [0.25, 0.3) is 0 Å². The number of amides is 1. The zero-order valence-electron chi connectivity index (χ0n) is 16.5. The second-order valence-electron chi connectivity index (χ2n) is 6.60. The number of alkyl halides is 1. The van der Waals surface area contributed by atoms with Crippen molar-refractivity contribution >= 4 is 17.9 Å². The highest BCUT2D eigenvalue weighted by Gasteiger charge is 2.25. The Morgan fingerprint density at radius 3 is 2.75 bits per heavy atom. The largest absolute Gasteiger partial charge is 0.450 e. The molecule has 28 heavy (non-hydrogen) atoms. The molecule has 1 aromatic rings. The number of hydrogen-bond acceptors (Lipinski definition) is 5. The van der Waals surface area contributed by atoms with E-state index in [-0.39, 0.29) is 24.9 Å². The van der Waals surface area contributed by atoms with Crippen LogP contribution in [-0.2, 0) is 9.57 Å². The number of rotatable bonds is 12. The monoisotopic (exact) mass is 412 g/mol. The first-order chi connectivity index (χ1) is 13.7. The predicted octanol–water partition coefficient (Wildman–Crippen LogP) is 3.25. The van der Waals surface area contributed by atoms with Crippen LogP contribution in [-0.4, -0.2) is 68.4 Å². The molecule has 1 amide bonds. The fraction of sp³-hybridized carbons (Fsp3) is 0.650. The molecule has 2 rings (SSSR count). The topological polar surface area (TPSA) is 64.9 Å². The summed E-state index contributed by atoms with van der Waals surface area (Å²) in [6, 6.07) is 10.2. The van der Waals surface area contributed by atoms with Gasteiger partial charge in [-0.1, -0.05) is 23.7 Å². The highest BCUT2D eigenvalue weighted by molar-refractivity contribution is 7.99. The number of nitrogens with one attached hydrogen (secondary N) is 1. The fourth-order valence-electron chi connectivity index (χ4n) is 2.87. The van der Waals surface area contributed by atoms with E-state index < -0.39 is 0 Å². The molecular formula is C20H31FN3O3S. The Bertz CT molecular complexity index is 545. The summed E-state index contributed by atoms with van der Waals surface area (Å²) in [7, 11) is 0. The minimum atomic E-state index is -0.365. The molecule has 0 spiro atoms. The first-order valence-electron chi connectivity index (χ1n) is 9.95. The molecule has 1 aliphatic heterocycles. The van der Waals surface area contributed by atoms with Crippen molar-refractivity contribution in [2.24, 2.45) is 0 Å². The lowest BCUT2D eigenvalue weighted by atomic mass is 10.1. The van der Waals surface area contributed by atoms with Crippen LogP contribution in [0.1, 0.15) is 26.2 Å². The smallest absolute Gasteiger partial charge is 0.409 e. The van der Waals surface area contributed by atoms with Gasteiger partial charge in [0.2, 0.25) is 0 Å². The number of likely N-dealkylation sites (tertiary alicyclic amines) is 1. The van der Waals surface area contributed by atoms with Gasteiger partial charge in [-0.15, -0.1) is 11.8 Å². The van der Waals surface area contributed by atoms with Crippen LogP contribution in [0.15, 0.2) is 35.2 Å². The Morgan fingerprint density at radius 2 is 2.07 bits per heavy atom. The molecule has 1 aromatic carbocycles. The lowest BCUT2D eigenvalue weighted by Crippen LogP contribution is -2.43. The van der Waals surface area contributed by atoms with Crippen LogP contribution in [0.2, 0.25) is 0 Å². The SMILES string of the molecule is CCOC(=O)N1CCC(O[N][C@H](CCNCCF)CSc2ccccc2)CC1. The number of carbonyl (C=O) groups excluding carboxylic acids is 1. The Morgan fingerprint density at radius 1 is 1.32 bits per heavy atom. The van der Waals surface area contributed by atoms with Gasteiger partial charge in [0.15, 0.2) is 0 Å². The van der Waals surface area contributed by atoms with Crippen molar-refractivity contribution in [3.8, 4) is 0 Å². The Hall–Kier alpha value is -1.35. The molecule has 1 atom stereocenters. The average Bonchev–Trinajstić information content (AvgIpc) is 2.74. The number of benzene rings is 1. The molecule has 0 saturated carbocycles. The number of hydrogen-bond donors (Lipinski definition) is 1. The van der Waals surface area contributed by atoms with Gasteiger partial charge in [0.25, 0.3) is 0 Å². The number of nitrogens with zero attached hydrogens (tertiary/aromatic N) is 2. The van der Waals surface area contributed by atoms with Crippen LogP contribution in [0, 0.1) is 0 Å². The minimum Gasteiger partial charge on any atom is -0.450 e. The van der Waals surface area contributed by atoms with Gasteiger partial charge >= 0.3 is 6.09 Å². The molecule has 1 N–H and O–H groups in total. The van der Waals surface area contributed by atoms with Gasteiger partial charge in [0.1, 0.15) is 6.67 Å². The summed E-state index contributed by atoms with van der Waals surface area (Å²) < 4.78 is 17.3. The van der Waals surface area contributed by atoms with E-state index >= 15 is 0 Å². The summed E-state index contributed by atoms with van der Waals surface area (Å²) in [6.45, 7) is 4.16. The molecule has 1 aliphatic rings. The van der Waals surface area contributed by atoms with Gasteiger partial charge in [-0.3, -0.25) is 4.84 Å². The first-order valence-corrected chi connectivity index (χ1v) is 10.9. The molecule has 157 valence electrons. The summed E-state index contributed by atoms with van der Waals surface area (Å²) in [5.74, 6) is 0.809. The maximum Gasteiger partial charge on any atom is 0.409 e. The molecular weight excluding hydrogens is 381 g/mol. The van der Waals surface area contributed by atoms with Gasteiger partial charge in [-0.05, 0) is 44.9 Å². The maximum atomic E-state index is 12.3. The summed E-state index contributed by atoms with van der Waals surface area (Å²) in [6.07, 6.45) is 2.06. The zero-order chi connectivity index (χ0) is 20.0. The second-order valence-corrected chi connectivity index (χ2v) is 7.70. The van der Waals surface area contributed by atoms with Crippen LogP contribution in [0.5, 0.6) is 0 Å². The van der Waals surface area contributed by atoms with Crippen LogP contribution >= 0.6 is 11.8 Å². The lowest BCUT2D eigenvalue weighted by Gasteiger charge is -2.31. The van der Waals surface area contributed by atoms with E-state index in [0.717, 1.165) is 25.0 Å². The van der Waals surface area contributed by atoms with Crippen molar-refractivity contribution in [1.29, 1.82) is 0 Å². The quantitative estimate of drug-likeness (QED) is 0.324. The summed E-state index contributed by atoms with van der Waals surface area (Å²) in [4.78, 5) is 20.5. The van der Waals surface area contributed by atoms with Gasteiger partial charge in [-0.2, -0.15) is 0 Å². The van der Waals surface area contributed by atoms with Gasteiger partial charge < -0.3 is 15.0 Å². The normalized spacial score (nSPS) is 16.1. The van der Waals surface area contributed by atoms with Crippen LogP contribution in [0.3, 0.4) is 0 Å². The van der Waals surface area contributed by atoms with Crippen molar-refractivity contribution in [1.82, 2.24) is 15.7 Å². The molecule has 1 radical (unpaired) electrons. The van der Waals surface area contributed by atoms with Crippen molar-refractivity contribution in [3.05, 3.63) is 30.3 Å². The van der Waals surface area contributed by atoms with Gasteiger partial charge in [-0.25, -0.2) is 9.18 Å². The fourth-order valence-corrected chi connectivity index (χ4v) is 3.83. The number of piperidine rings is 1. The van der Waals surface area contributed by atoms with Gasteiger partial charge in [0, 0.05) is 30.3 Å². The zero-order valence-corrected chi connectivity index (χ0v) is 17.3. The third kappa shape index (κ3) is 8.77. The summed E-state index contributed by atoms with van der Waals surface area (Å²) in [5.41, 5.74) is 4.48. The summed E-state index contributed by atoms with van der Waals surface area (Å²) in [5, 5.41) is 3.07. The molecule has 0 aromatic heterocycles. The number of halogens is 1. The maximum absolute atomic E-state index is 12.3. The van der Waals surface area contributed by atoms with Crippen molar-refractivity contribution in [2.45, 2.75) is 43.2 Å². The molecule has 1 fully saturated rings. The third-order valence-electron chi connectivity index (χ3n) is 4.44. The van der Waals surface area contributed by atoms with Crippen molar-refractivity contribution < 1.29 is 18.8 Å². The summed E-state index contributed by atoms with van der Waals surface area (Å²) >= 11 is 1.74. The van der Waals surface area contributed by atoms with E-state index in [9.17, 15) is 9.18 Å². The Balaban J connectivity index is 1.73. The molecule has 6 nitrogen and oxygen atoms in total. The van der Waals surface area contributed by atoms with E-state index in [0.29, 0.717) is 32.8 Å². The highest BCUT2D eigenvalue weighted by atomic mass is 32.2. The standard InChI is InChI=1S/C20H31FN3O3S/c1-2-26-20(25)24-14-9-18(10-15-24)27-23-17(8-12-22-13-11-21)16-28-19-6-4-3-5-7-19/h3-7,17-18,22H,2,8-16H2,1H3/t17-/m1/s1.